The van der Waals surface area contributed by atoms with Crippen LogP contribution in [0.4, 0.5) is 13.2 Å². The van der Waals surface area contributed by atoms with Crippen LogP contribution in [-0.2, 0) is 24.3 Å². The first-order valence-electron chi connectivity index (χ1n) is 7.83. The molecule has 6 nitrogen and oxygen atoms in total. The van der Waals surface area contributed by atoms with E-state index in [0.29, 0.717) is 31.0 Å². The van der Waals surface area contributed by atoms with Gasteiger partial charge in [0.2, 0.25) is 5.91 Å². The van der Waals surface area contributed by atoms with Crippen molar-refractivity contribution in [1.82, 2.24) is 19.7 Å². The highest BCUT2D eigenvalue weighted by molar-refractivity contribution is 5.76. The molecule has 1 N–H and O–H groups in total. The number of hydrogen-bond donors (Lipinski definition) is 1. The molecule has 1 atom stereocenters. The lowest BCUT2D eigenvalue weighted by atomic mass is 10.0. The summed E-state index contributed by atoms with van der Waals surface area (Å²) in [6, 6.07) is 1.13. The third kappa shape index (κ3) is 3.65. The predicted molar refractivity (Wildman–Crippen MR) is 80.8 cm³/mol. The number of benzene rings is 1. The standard InChI is InChI=1S/C16H17F3N4O2/c1-9-20-21-15-8-22(2-3-23(9)15)16(25)6-11(24)4-10-5-13(18)14(19)7-12(10)17/h5,7,11,24H,2-4,6,8H2,1H3/t11-/m1/s1. The van der Waals surface area contributed by atoms with Crippen LogP contribution in [0, 0.1) is 24.4 Å². The first kappa shape index (κ1) is 17.4. The van der Waals surface area contributed by atoms with E-state index in [1.807, 2.05) is 11.5 Å². The highest BCUT2D eigenvalue weighted by Gasteiger charge is 2.25. The minimum absolute atomic E-state index is 0.173. The molecule has 2 aromatic rings. The number of nitrogens with zero attached hydrogens (tertiary/aromatic N) is 4. The van der Waals surface area contributed by atoms with Gasteiger partial charge in [-0.15, -0.1) is 10.2 Å². The summed E-state index contributed by atoms with van der Waals surface area (Å²) in [6.45, 7) is 3.13. The monoisotopic (exact) mass is 354 g/mol. The number of aliphatic hydroxyl groups is 1. The van der Waals surface area contributed by atoms with Crippen molar-refractivity contribution in [1.29, 1.82) is 0 Å². The van der Waals surface area contributed by atoms with Crippen molar-refractivity contribution in [3.05, 3.63) is 46.8 Å². The minimum Gasteiger partial charge on any atom is -0.392 e. The summed E-state index contributed by atoms with van der Waals surface area (Å²) < 4.78 is 41.6. The van der Waals surface area contributed by atoms with Crippen LogP contribution in [0.15, 0.2) is 12.1 Å². The zero-order valence-electron chi connectivity index (χ0n) is 13.5. The maximum Gasteiger partial charge on any atom is 0.225 e. The second-order valence-electron chi connectivity index (χ2n) is 6.05. The van der Waals surface area contributed by atoms with E-state index in [1.165, 1.54) is 4.90 Å². The van der Waals surface area contributed by atoms with Gasteiger partial charge in [0.25, 0.3) is 0 Å². The molecule has 0 bridgehead atoms. The number of carbonyl (C=O) groups is 1. The van der Waals surface area contributed by atoms with Crippen molar-refractivity contribution in [2.45, 2.75) is 39.0 Å². The number of halogens is 3. The van der Waals surface area contributed by atoms with Crippen molar-refractivity contribution < 1.29 is 23.1 Å². The molecule has 2 heterocycles. The lowest BCUT2D eigenvalue weighted by Crippen LogP contribution is -2.40. The van der Waals surface area contributed by atoms with Crippen LogP contribution in [0.3, 0.4) is 0 Å². The van der Waals surface area contributed by atoms with E-state index < -0.39 is 23.6 Å². The number of carbonyl (C=O) groups excluding carboxylic acids is 1. The summed E-state index contributed by atoms with van der Waals surface area (Å²) in [4.78, 5) is 13.8. The first-order chi connectivity index (χ1) is 11.8. The summed E-state index contributed by atoms with van der Waals surface area (Å²) in [7, 11) is 0. The van der Waals surface area contributed by atoms with E-state index in [9.17, 15) is 23.1 Å². The Hall–Kier alpha value is -2.42. The average Bonchev–Trinajstić information content (AvgIpc) is 2.93. The average molecular weight is 354 g/mol. The van der Waals surface area contributed by atoms with Crippen molar-refractivity contribution in [2.24, 2.45) is 0 Å². The Bertz CT molecular complexity index is 809. The van der Waals surface area contributed by atoms with Gasteiger partial charge in [0.1, 0.15) is 11.6 Å². The molecular weight excluding hydrogens is 337 g/mol. The van der Waals surface area contributed by atoms with Gasteiger partial charge in [-0.25, -0.2) is 13.2 Å². The summed E-state index contributed by atoms with van der Waals surface area (Å²) in [6.07, 6.45) is -1.72. The summed E-state index contributed by atoms with van der Waals surface area (Å²) in [5.41, 5.74) is -0.173. The van der Waals surface area contributed by atoms with Crippen LogP contribution in [0.25, 0.3) is 0 Å². The fraction of sp³-hybridized carbons (Fsp3) is 0.438. The van der Waals surface area contributed by atoms with Gasteiger partial charge < -0.3 is 14.6 Å². The zero-order chi connectivity index (χ0) is 18.1. The summed E-state index contributed by atoms with van der Waals surface area (Å²) in [5.74, 6) is -2.32. The summed E-state index contributed by atoms with van der Waals surface area (Å²) in [5, 5.41) is 18.0. The van der Waals surface area contributed by atoms with E-state index in [4.69, 9.17) is 0 Å². The second kappa shape index (κ2) is 6.83. The Labute approximate surface area is 141 Å². The molecule has 134 valence electrons. The Balaban J connectivity index is 1.61. The zero-order valence-corrected chi connectivity index (χ0v) is 13.5. The summed E-state index contributed by atoms with van der Waals surface area (Å²) >= 11 is 0. The molecule has 1 aromatic carbocycles. The Morgan fingerprint density at radius 3 is 2.68 bits per heavy atom. The van der Waals surface area contributed by atoms with Crippen LogP contribution in [0.1, 0.15) is 23.6 Å². The van der Waals surface area contributed by atoms with Gasteiger partial charge >= 0.3 is 0 Å². The molecular formula is C16H17F3N4O2. The molecule has 25 heavy (non-hydrogen) atoms. The normalized spacial score (nSPS) is 15.2. The van der Waals surface area contributed by atoms with Crippen LogP contribution in [0.5, 0.6) is 0 Å². The largest absolute Gasteiger partial charge is 0.392 e. The van der Waals surface area contributed by atoms with Crippen LogP contribution >= 0.6 is 0 Å². The predicted octanol–water partition coefficient (Wildman–Crippen LogP) is 1.34. The van der Waals surface area contributed by atoms with Crippen molar-refractivity contribution in [3.63, 3.8) is 0 Å². The quantitative estimate of drug-likeness (QED) is 0.841. The second-order valence-corrected chi connectivity index (χ2v) is 6.05. The molecule has 0 radical (unpaired) electrons. The molecule has 0 spiro atoms. The van der Waals surface area contributed by atoms with E-state index in [0.717, 1.165) is 5.82 Å². The number of aliphatic hydroxyl groups excluding tert-OH is 1. The molecule has 9 heteroatoms. The fourth-order valence-corrected chi connectivity index (χ4v) is 2.89. The lowest BCUT2D eigenvalue weighted by Gasteiger charge is -2.28. The molecule has 0 fully saturated rings. The van der Waals surface area contributed by atoms with E-state index in [-0.39, 0.29) is 30.9 Å². The van der Waals surface area contributed by atoms with Gasteiger partial charge in [0.05, 0.1) is 19.1 Å². The van der Waals surface area contributed by atoms with E-state index >= 15 is 0 Å². The Morgan fingerprint density at radius 1 is 1.20 bits per heavy atom. The molecule has 1 amide bonds. The molecule has 0 saturated carbocycles. The molecule has 1 aliphatic heterocycles. The molecule has 0 unspecified atom stereocenters. The molecule has 1 aliphatic rings. The van der Waals surface area contributed by atoms with Gasteiger partial charge in [-0.1, -0.05) is 0 Å². The number of aromatic nitrogens is 3. The van der Waals surface area contributed by atoms with Gasteiger partial charge in [-0.2, -0.15) is 0 Å². The van der Waals surface area contributed by atoms with E-state index in [2.05, 4.69) is 10.2 Å². The van der Waals surface area contributed by atoms with Gasteiger partial charge in [-0.05, 0) is 18.6 Å². The molecule has 3 rings (SSSR count). The number of aryl methyl sites for hydroxylation is 1. The van der Waals surface area contributed by atoms with Crippen LogP contribution < -0.4 is 0 Å². The molecule has 0 aliphatic carbocycles. The minimum atomic E-state index is -1.29. The number of fused-ring (bicyclic) bond motifs is 1. The lowest BCUT2D eigenvalue weighted by molar-refractivity contribution is -0.134. The SMILES string of the molecule is Cc1nnc2n1CCN(C(=O)C[C@H](O)Cc1cc(F)c(F)cc1F)C2. The number of amides is 1. The smallest absolute Gasteiger partial charge is 0.225 e. The molecule has 0 saturated heterocycles. The van der Waals surface area contributed by atoms with Crippen molar-refractivity contribution >= 4 is 5.91 Å². The fourth-order valence-electron chi connectivity index (χ4n) is 2.89. The van der Waals surface area contributed by atoms with Crippen LogP contribution in [-0.4, -0.2) is 43.3 Å². The van der Waals surface area contributed by atoms with Crippen molar-refractivity contribution in [2.75, 3.05) is 6.54 Å². The maximum atomic E-state index is 13.6. The van der Waals surface area contributed by atoms with E-state index in [1.54, 1.807) is 0 Å². The topological polar surface area (TPSA) is 71.2 Å². The number of hydrogen-bond acceptors (Lipinski definition) is 4. The Kier molecular flexibility index (Phi) is 4.76. The van der Waals surface area contributed by atoms with Crippen molar-refractivity contribution in [3.8, 4) is 0 Å². The third-order valence-electron chi connectivity index (χ3n) is 4.25. The maximum absolute atomic E-state index is 13.6. The Morgan fingerprint density at radius 2 is 1.92 bits per heavy atom. The third-order valence-corrected chi connectivity index (χ3v) is 4.25. The highest BCUT2D eigenvalue weighted by atomic mass is 19.2. The highest BCUT2D eigenvalue weighted by Crippen LogP contribution is 2.18. The number of rotatable bonds is 4. The van der Waals surface area contributed by atoms with Gasteiger partial charge in [0, 0.05) is 25.6 Å². The molecule has 1 aromatic heterocycles. The first-order valence-corrected chi connectivity index (χ1v) is 7.83. The van der Waals surface area contributed by atoms with Gasteiger partial charge in [0.15, 0.2) is 17.5 Å². The van der Waals surface area contributed by atoms with Gasteiger partial charge in [-0.3, -0.25) is 4.79 Å². The van der Waals surface area contributed by atoms with Crippen LogP contribution in [0.2, 0.25) is 0 Å².